The molecule has 4 nitrogen and oxygen atoms in total. The van der Waals surface area contributed by atoms with Crippen molar-refractivity contribution < 1.29 is 8.83 Å². The number of furan rings is 2. The summed E-state index contributed by atoms with van der Waals surface area (Å²) in [7, 11) is 0. The van der Waals surface area contributed by atoms with E-state index in [1.807, 2.05) is 22.7 Å². The molecule has 0 N–H and O–H groups in total. The molecule has 300 valence electrons. The van der Waals surface area contributed by atoms with Crippen molar-refractivity contribution >= 4 is 152 Å². The van der Waals surface area contributed by atoms with E-state index in [0.29, 0.717) is 0 Å². The van der Waals surface area contributed by atoms with Crippen LogP contribution in [0.3, 0.4) is 0 Å². The van der Waals surface area contributed by atoms with Gasteiger partial charge >= 0.3 is 0 Å². The summed E-state index contributed by atoms with van der Waals surface area (Å²) >= 11 is 3.69. The molecule has 64 heavy (non-hydrogen) atoms. The van der Waals surface area contributed by atoms with E-state index in [1.54, 1.807) is 0 Å². The first kappa shape index (κ1) is 35.7. The van der Waals surface area contributed by atoms with E-state index < -0.39 is 0 Å². The Labute approximate surface area is 374 Å². The van der Waals surface area contributed by atoms with Gasteiger partial charge in [-0.15, -0.1) is 22.7 Å². The van der Waals surface area contributed by atoms with E-state index in [-0.39, 0.29) is 0 Å². The Morgan fingerprint density at radius 2 is 0.672 bits per heavy atom. The molecule has 4 aromatic heterocycles. The number of anilines is 6. The molecule has 0 unspecified atom stereocenters. The minimum atomic E-state index is 0.850. The van der Waals surface area contributed by atoms with Gasteiger partial charge in [0.15, 0.2) is 0 Å². The molecule has 0 saturated heterocycles. The number of benzene rings is 10. The maximum absolute atomic E-state index is 6.79. The van der Waals surface area contributed by atoms with E-state index >= 15 is 0 Å². The van der Waals surface area contributed by atoms with Crippen LogP contribution in [0.15, 0.2) is 215 Å². The number of para-hydroxylation sites is 2. The van der Waals surface area contributed by atoms with Crippen molar-refractivity contribution in [3.05, 3.63) is 206 Å². The molecule has 14 aromatic rings. The van der Waals surface area contributed by atoms with Gasteiger partial charge in [-0.25, -0.2) is 0 Å². The highest BCUT2D eigenvalue weighted by Gasteiger charge is 2.23. The molecular weight excluding hydrogens is 821 g/mol. The molecule has 0 aliphatic rings. The topological polar surface area (TPSA) is 32.8 Å². The number of rotatable bonds is 6. The van der Waals surface area contributed by atoms with Crippen molar-refractivity contribution in [2.45, 2.75) is 0 Å². The van der Waals surface area contributed by atoms with Gasteiger partial charge in [-0.2, -0.15) is 0 Å². The zero-order valence-corrected chi connectivity index (χ0v) is 35.8. The quantitative estimate of drug-likeness (QED) is 0.167. The van der Waals surface area contributed by atoms with E-state index in [2.05, 4.69) is 216 Å². The Bertz CT molecular complexity index is 3890. The second-order valence-electron chi connectivity index (χ2n) is 16.4. The van der Waals surface area contributed by atoms with Crippen LogP contribution < -0.4 is 9.80 Å². The fraction of sp³-hybridized carbons (Fsp3) is 0. The van der Waals surface area contributed by atoms with Gasteiger partial charge in [0.1, 0.15) is 22.3 Å². The SMILES string of the molecule is c1ccc(N(c2ccc3oc4c(ccc5c4ccc4c6cc(N(c7ccccc7)c7cccc8c7sc7ccccc78)ccc6oc45)c3c2)c2cccc3c2sc2ccccc23)cc1. The molecule has 0 aliphatic carbocycles. The van der Waals surface area contributed by atoms with Crippen LogP contribution in [0.2, 0.25) is 0 Å². The predicted octanol–water partition coefficient (Wildman–Crippen LogP) is 18.3. The normalized spacial score (nSPS) is 12.1. The summed E-state index contributed by atoms with van der Waals surface area (Å²) in [6.07, 6.45) is 0. The highest BCUT2D eigenvalue weighted by molar-refractivity contribution is 7.26. The van der Waals surface area contributed by atoms with Crippen molar-refractivity contribution in [1.29, 1.82) is 0 Å². The van der Waals surface area contributed by atoms with Crippen molar-refractivity contribution in [1.82, 2.24) is 0 Å². The van der Waals surface area contributed by atoms with Gasteiger partial charge < -0.3 is 18.6 Å². The van der Waals surface area contributed by atoms with Gasteiger partial charge in [-0.1, -0.05) is 97.1 Å². The van der Waals surface area contributed by atoms with Crippen molar-refractivity contribution in [2.24, 2.45) is 0 Å². The molecule has 14 rings (SSSR count). The summed E-state index contributed by atoms with van der Waals surface area (Å²) in [6.45, 7) is 0. The zero-order valence-electron chi connectivity index (χ0n) is 34.2. The molecule has 0 radical (unpaired) electrons. The van der Waals surface area contributed by atoms with E-state index in [1.165, 1.54) is 40.3 Å². The van der Waals surface area contributed by atoms with E-state index in [0.717, 1.165) is 88.8 Å². The third-order valence-corrected chi connectivity index (χ3v) is 15.2. The highest BCUT2D eigenvalue weighted by atomic mass is 32.1. The van der Waals surface area contributed by atoms with Crippen LogP contribution in [0.25, 0.3) is 95.0 Å². The fourth-order valence-corrected chi connectivity index (χ4v) is 12.4. The van der Waals surface area contributed by atoms with Gasteiger partial charge in [0.2, 0.25) is 0 Å². The largest absolute Gasteiger partial charge is 0.455 e. The highest BCUT2D eigenvalue weighted by Crippen LogP contribution is 2.49. The number of thiophene rings is 2. The van der Waals surface area contributed by atoms with Gasteiger partial charge in [0.05, 0.1) is 20.8 Å². The van der Waals surface area contributed by atoms with E-state index in [4.69, 9.17) is 8.83 Å². The number of fused-ring (bicyclic) bond motifs is 15. The van der Waals surface area contributed by atoms with Crippen LogP contribution in [-0.2, 0) is 0 Å². The molecule has 0 fully saturated rings. The summed E-state index contributed by atoms with van der Waals surface area (Å²) < 4.78 is 18.7. The second kappa shape index (κ2) is 13.8. The third-order valence-electron chi connectivity index (χ3n) is 12.8. The average Bonchev–Trinajstić information content (AvgIpc) is 4.13. The van der Waals surface area contributed by atoms with Crippen LogP contribution in [0.4, 0.5) is 34.1 Å². The molecule has 0 bridgehead atoms. The molecule has 10 aromatic carbocycles. The molecular formula is C58H34N2O2S2. The number of hydrogen-bond donors (Lipinski definition) is 0. The van der Waals surface area contributed by atoms with Crippen LogP contribution in [-0.4, -0.2) is 0 Å². The summed E-state index contributed by atoms with van der Waals surface area (Å²) in [5.74, 6) is 0. The van der Waals surface area contributed by atoms with Crippen LogP contribution in [0.5, 0.6) is 0 Å². The van der Waals surface area contributed by atoms with Crippen molar-refractivity contribution in [3.63, 3.8) is 0 Å². The van der Waals surface area contributed by atoms with Crippen LogP contribution in [0.1, 0.15) is 0 Å². The average molecular weight is 855 g/mol. The van der Waals surface area contributed by atoms with E-state index in [9.17, 15) is 0 Å². The lowest BCUT2D eigenvalue weighted by Crippen LogP contribution is -2.09. The van der Waals surface area contributed by atoms with Crippen molar-refractivity contribution in [3.8, 4) is 0 Å². The zero-order chi connectivity index (χ0) is 41.9. The van der Waals surface area contributed by atoms with Gasteiger partial charge in [0.25, 0.3) is 0 Å². The summed E-state index contributed by atoms with van der Waals surface area (Å²) in [5.41, 5.74) is 10.1. The standard InChI is InChI=1S/C58H34N2O2S2/c1-3-13-35(14-4-1)59(49-21-11-19-45-39-17-7-9-23-53(39)63-57(45)49)37-25-31-51-47(33-37)43-29-27-42-41(55(43)61-51)28-30-44-48-34-38(26-32-52(48)62-56(42)44)60(36-15-5-2-6-16-36)50-22-12-20-46-40-18-8-10-24-54(40)64-58(46)50/h1-34H. The maximum atomic E-state index is 6.79. The maximum Gasteiger partial charge on any atom is 0.143 e. The van der Waals surface area contributed by atoms with Gasteiger partial charge in [-0.3, -0.25) is 0 Å². The third kappa shape index (κ3) is 5.27. The Balaban J connectivity index is 0.915. The van der Waals surface area contributed by atoms with Gasteiger partial charge in [-0.05, 0) is 109 Å². The number of hydrogen-bond acceptors (Lipinski definition) is 6. The smallest absolute Gasteiger partial charge is 0.143 e. The summed E-state index contributed by atoms with van der Waals surface area (Å²) in [4.78, 5) is 4.76. The molecule has 0 aliphatic heterocycles. The van der Waals surface area contributed by atoms with Crippen molar-refractivity contribution in [2.75, 3.05) is 9.80 Å². The fourth-order valence-electron chi connectivity index (χ4n) is 9.95. The Morgan fingerprint density at radius 1 is 0.281 bits per heavy atom. The van der Waals surface area contributed by atoms with Gasteiger partial charge in [0, 0.05) is 86.0 Å². The summed E-state index contributed by atoms with van der Waals surface area (Å²) in [5, 5.41) is 11.5. The molecule has 0 saturated carbocycles. The molecule has 0 amide bonds. The lowest BCUT2D eigenvalue weighted by atomic mass is 10.0. The molecule has 0 spiro atoms. The predicted molar refractivity (Wildman–Crippen MR) is 274 cm³/mol. The Morgan fingerprint density at radius 3 is 1.12 bits per heavy atom. The first-order chi connectivity index (χ1) is 31.7. The molecule has 6 heteroatoms. The second-order valence-corrected chi connectivity index (χ2v) is 18.5. The summed E-state index contributed by atoms with van der Waals surface area (Å²) in [6, 6.07) is 74.0. The first-order valence-corrected chi connectivity index (χ1v) is 23.1. The Hall–Kier alpha value is -7.90. The van der Waals surface area contributed by atoms with Crippen LogP contribution in [0, 0.1) is 0 Å². The van der Waals surface area contributed by atoms with Crippen LogP contribution >= 0.6 is 22.7 Å². The minimum absolute atomic E-state index is 0.850. The lowest BCUT2D eigenvalue weighted by molar-refractivity contribution is 0.669. The molecule has 0 atom stereocenters. The number of nitrogens with zero attached hydrogens (tertiary/aromatic N) is 2. The lowest BCUT2D eigenvalue weighted by Gasteiger charge is -2.26. The first-order valence-electron chi connectivity index (χ1n) is 21.5. The monoisotopic (exact) mass is 854 g/mol. The minimum Gasteiger partial charge on any atom is -0.455 e. The molecule has 4 heterocycles. The Kier molecular flexibility index (Phi) is 7.69.